The molecule has 2 aromatic carbocycles. The number of nitrogens with one attached hydrogen (secondary N) is 1. The Labute approximate surface area is 167 Å². The number of rotatable bonds is 3. The molecule has 1 fully saturated rings. The largest absolute Gasteiger partial charge is 0.326 e. The van der Waals surface area contributed by atoms with Gasteiger partial charge in [0.1, 0.15) is 5.01 Å². The number of thiazole rings is 1. The van der Waals surface area contributed by atoms with Crippen LogP contribution in [0.1, 0.15) is 35.9 Å². The van der Waals surface area contributed by atoms with Crippen LogP contribution in [-0.2, 0) is 21.2 Å². The maximum Gasteiger partial charge on any atom is 0.243 e. The Morgan fingerprint density at radius 3 is 2.86 bits per heavy atom. The van der Waals surface area contributed by atoms with Gasteiger partial charge in [-0.25, -0.2) is 13.4 Å². The number of carbonyl (C=O) groups is 1. The van der Waals surface area contributed by atoms with Crippen molar-refractivity contribution in [3.63, 3.8) is 0 Å². The van der Waals surface area contributed by atoms with Crippen LogP contribution in [0.25, 0.3) is 10.2 Å². The molecule has 2 aliphatic heterocycles. The molecule has 0 saturated carbocycles. The first kappa shape index (κ1) is 17.8. The van der Waals surface area contributed by atoms with Gasteiger partial charge in [-0.15, -0.1) is 11.3 Å². The van der Waals surface area contributed by atoms with Crippen LogP contribution < -0.4 is 5.32 Å². The van der Waals surface area contributed by atoms with E-state index in [2.05, 4.69) is 5.32 Å². The number of aryl methyl sites for hydroxylation is 1. The fourth-order valence-electron chi connectivity index (χ4n) is 3.96. The zero-order valence-corrected chi connectivity index (χ0v) is 16.7. The van der Waals surface area contributed by atoms with Gasteiger partial charge in [0, 0.05) is 18.7 Å². The molecule has 28 heavy (non-hydrogen) atoms. The number of nitrogens with zero attached hydrogens (tertiary/aromatic N) is 2. The summed E-state index contributed by atoms with van der Waals surface area (Å²) in [7, 11) is -3.63. The van der Waals surface area contributed by atoms with E-state index >= 15 is 0 Å². The van der Waals surface area contributed by atoms with E-state index in [1.807, 2.05) is 24.3 Å². The van der Waals surface area contributed by atoms with E-state index in [0.717, 1.165) is 33.6 Å². The molecular weight excluding hydrogens is 394 g/mol. The van der Waals surface area contributed by atoms with Gasteiger partial charge in [0.2, 0.25) is 15.9 Å². The van der Waals surface area contributed by atoms with Crippen LogP contribution in [0.15, 0.2) is 47.4 Å². The summed E-state index contributed by atoms with van der Waals surface area (Å²) >= 11 is 1.57. The van der Waals surface area contributed by atoms with Crippen LogP contribution in [0, 0.1) is 0 Å². The monoisotopic (exact) mass is 413 g/mol. The number of hydrogen-bond acceptors (Lipinski definition) is 5. The van der Waals surface area contributed by atoms with Gasteiger partial charge in [-0.05, 0) is 55.2 Å². The molecule has 144 valence electrons. The molecule has 1 aromatic heterocycles. The highest BCUT2D eigenvalue weighted by Crippen LogP contribution is 2.40. The second kappa shape index (κ2) is 6.65. The lowest BCUT2D eigenvalue weighted by atomic mass is 10.0. The van der Waals surface area contributed by atoms with Crippen molar-refractivity contribution in [1.29, 1.82) is 0 Å². The summed E-state index contributed by atoms with van der Waals surface area (Å²) in [6.07, 6.45) is 2.54. The van der Waals surface area contributed by atoms with Crippen LogP contribution in [0.4, 0.5) is 5.69 Å². The van der Waals surface area contributed by atoms with Crippen LogP contribution in [0.5, 0.6) is 0 Å². The molecule has 1 atom stereocenters. The number of benzene rings is 2. The molecule has 0 bridgehead atoms. The molecule has 1 N–H and O–H groups in total. The standard InChI is InChI=1S/C20H19N3O3S2/c24-19-10-7-13-12-14(8-9-15(13)21-19)28(25,26)23-11-3-5-17(23)20-22-16-4-1-2-6-18(16)27-20/h1-2,4,6,8-9,12,17H,3,5,7,10-11H2,(H,21,24). The van der Waals surface area contributed by atoms with E-state index in [1.165, 1.54) is 0 Å². The normalized spacial score (nSPS) is 20.3. The highest BCUT2D eigenvalue weighted by molar-refractivity contribution is 7.89. The van der Waals surface area contributed by atoms with E-state index in [-0.39, 0.29) is 16.8 Å². The molecule has 3 heterocycles. The average Bonchev–Trinajstić information content (AvgIpc) is 3.34. The van der Waals surface area contributed by atoms with Crippen molar-refractivity contribution in [2.45, 2.75) is 36.6 Å². The summed E-state index contributed by atoms with van der Waals surface area (Å²) in [6, 6.07) is 12.7. The highest BCUT2D eigenvalue weighted by Gasteiger charge is 2.38. The van der Waals surface area contributed by atoms with Crippen molar-refractivity contribution in [3.8, 4) is 0 Å². The van der Waals surface area contributed by atoms with Gasteiger partial charge in [0.15, 0.2) is 0 Å². The minimum atomic E-state index is -3.63. The quantitative estimate of drug-likeness (QED) is 0.710. The lowest BCUT2D eigenvalue weighted by molar-refractivity contribution is -0.116. The molecule has 5 rings (SSSR count). The van der Waals surface area contributed by atoms with Gasteiger partial charge in [0.05, 0.1) is 21.2 Å². The van der Waals surface area contributed by atoms with Crippen molar-refractivity contribution in [2.75, 3.05) is 11.9 Å². The molecule has 2 aliphatic rings. The Bertz CT molecular complexity index is 1150. The molecule has 0 radical (unpaired) electrons. The fraction of sp³-hybridized carbons (Fsp3) is 0.300. The van der Waals surface area contributed by atoms with Gasteiger partial charge in [-0.1, -0.05) is 12.1 Å². The van der Waals surface area contributed by atoms with Crippen LogP contribution in [-0.4, -0.2) is 30.2 Å². The molecule has 8 heteroatoms. The third-order valence-electron chi connectivity index (χ3n) is 5.38. The Morgan fingerprint density at radius 1 is 1.14 bits per heavy atom. The maximum absolute atomic E-state index is 13.4. The van der Waals surface area contributed by atoms with Crippen molar-refractivity contribution < 1.29 is 13.2 Å². The molecule has 0 aliphatic carbocycles. The third-order valence-corrected chi connectivity index (χ3v) is 8.42. The molecule has 0 spiro atoms. The summed E-state index contributed by atoms with van der Waals surface area (Å²) in [6.45, 7) is 0.497. The van der Waals surface area contributed by atoms with Crippen molar-refractivity contribution in [1.82, 2.24) is 9.29 Å². The summed E-state index contributed by atoms with van der Waals surface area (Å²) < 4.78 is 29.5. The number of sulfonamides is 1. The molecule has 1 saturated heterocycles. The summed E-state index contributed by atoms with van der Waals surface area (Å²) in [5, 5.41) is 3.66. The predicted molar refractivity (Wildman–Crippen MR) is 109 cm³/mol. The van der Waals surface area contributed by atoms with Crippen molar-refractivity contribution in [3.05, 3.63) is 53.0 Å². The second-order valence-electron chi connectivity index (χ2n) is 7.16. The zero-order chi connectivity index (χ0) is 19.3. The molecular formula is C20H19N3O3S2. The summed E-state index contributed by atoms with van der Waals surface area (Å²) in [4.78, 5) is 16.5. The van der Waals surface area contributed by atoms with Gasteiger partial charge >= 0.3 is 0 Å². The lowest BCUT2D eigenvalue weighted by Crippen LogP contribution is -2.31. The predicted octanol–water partition coefficient (Wildman–Crippen LogP) is 3.71. The zero-order valence-electron chi connectivity index (χ0n) is 15.1. The van der Waals surface area contributed by atoms with Gasteiger partial charge < -0.3 is 5.32 Å². The Morgan fingerprint density at radius 2 is 2.00 bits per heavy atom. The maximum atomic E-state index is 13.4. The van der Waals surface area contributed by atoms with Crippen LogP contribution in [0.3, 0.4) is 0 Å². The van der Waals surface area contributed by atoms with E-state index in [9.17, 15) is 13.2 Å². The third kappa shape index (κ3) is 2.92. The summed E-state index contributed by atoms with van der Waals surface area (Å²) in [5.41, 5.74) is 2.49. The minimum Gasteiger partial charge on any atom is -0.326 e. The van der Waals surface area contributed by atoms with Crippen LogP contribution in [0.2, 0.25) is 0 Å². The van der Waals surface area contributed by atoms with Gasteiger partial charge in [0.25, 0.3) is 0 Å². The molecule has 1 amide bonds. The van der Waals surface area contributed by atoms with Gasteiger partial charge in [-0.2, -0.15) is 4.31 Å². The average molecular weight is 414 g/mol. The van der Waals surface area contributed by atoms with Gasteiger partial charge in [-0.3, -0.25) is 4.79 Å². The van der Waals surface area contributed by atoms with Crippen molar-refractivity contribution in [2.24, 2.45) is 0 Å². The highest BCUT2D eigenvalue weighted by atomic mass is 32.2. The first-order valence-corrected chi connectivity index (χ1v) is 11.6. The van der Waals surface area contributed by atoms with Crippen LogP contribution >= 0.6 is 11.3 Å². The summed E-state index contributed by atoms with van der Waals surface area (Å²) in [5.74, 6) is -0.0291. The Hall–Kier alpha value is -2.29. The number of para-hydroxylation sites is 1. The van der Waals surface area contributed by atoms with E-state index in [0.29, 0.717) is 25.1 Å². The topological polar surface area (TPSA) is 79.4 Å². The number of amides is 1. The molecule has 6 nitrogen and oxygen atoms in total. The number of aromatic nitrogens is 1. The van der Waals surface area contributed by atoms with Crippen molar-refractivity contribution >= 4 is 43.2 Å². The van der Waals surface area contributed by atoms with E-state index in [4.69, 9.17) is 4.98 Å². The minimum absolute atomic E-state index is 0.0291. The Kier molecular flexibility index (Phi) is 4.22. The lowest BCUT2D eigenvalue weighted by Gasteiger charge is -2.24. The smallest absolute Gasteiger partial charge is 0.243 e. The molecule has 1 unspecified atom stereocenters. The number of anilines is 1. The number of fused-ring (bicyclic) bond motifs is 2. The number of hydrogen-bond donors (Lipinski definition) is 1. The number of carbonyl (C=O) groups excluding carboxylic acids is 1. The SMILES string of the molecule is O=C1CCc2cc(S(=O)(=O)N3CCCC3c3nc4ccccc4s3)ccc2N1. The fourth-order valence-corrected chi connectivity index (χ4v) is 6.86. The van der Waals surface area contributed by atoms with E-state index < -0.39 is 10.0 Å². The second-order valence-corrected chi connectivity index (χ2v) is 10.1. The first-order chi connectivity index (χ1) is 13.5. The first-order valence-electron chi connectivity index (χ1n) is 9.32. The Balaban J connectivity index is 1.50. The van der Waals surface area contributed by atoms with E-state index in [1.54, 1.807) is 33.8 Å². The molecule has 3 aromatic rings.